The molecule has 0 N–H and O–H groups in total. The van der Waals surface area contributed by atoms with Crippen LogP contribution in [0.15, 0.2) is 30.3 Å². The van der Waals surface area contributed by atoms with Gasteiger partial charge in [0.05, 0.1) is 7.59 Å². The number of hydrogen-bond donors (Lipinski definition) is 0. The van der Waals surface area contributed by atoms with Crippen molar-refractivity contribution in [3.63, 3.8) is 0 Å². The van der Waals surface area contributed by atoms with Crippen LogP contribution in [0.1, 0.15) is 39.0 Å². The van der Waals surface area contributed by atoms with Crippen LogP contribution in [-0.2, 0) is 0 Å². The molecule has 1 aliphatic rings. The van der Waals surface area contributed by atoms with Gasteiger partial charge in [-0.05, 0) is 5.54 Å². The molecule has 1 saturated carbocycles. The van der Waals surface area contributed by atoms with Crippen LogP contribution in [0.25, 0.3) is 0 Å². The molecular weight excluding hydrogens is 336 g/mol. The van der Waals surface area contributed by atoms with Gasteiger partial charge in [0.25, 0.3) is 0 Å². The van der Waals surface area contributed by atoms with Gasteiger partial charge in [-0.15, -0.1) is 0 Å². The Hall–Kier alpha value is -0.129. The minimum atomic E-state index is -1.42. The maximum Gasteiger partial charge on any atom is 0.0801 e. The summed E-state index contributed by atoms with van der Waals surface area (Å²) in [5.74, 6) is 0. The van der Waals surface area contributed by atoms with Gasteiger partial charge in [-0.25, -0.2) is 0 Å². The molecule has 136 valence electrons. The van der Waals surface area contributed by atoms with Crippen LogP contribution in [0.3, 0.4) is 0 Å². The first-order valence-electron chi connectivity index (χ1n) is 10.3. The van der Waals surface area contributed by atoms with E-state index < -0.39 is 23.3 Å². The SMILES string of the molecule is CC[Si](C)(CC[Si](C)(C)C)[Si](C)(c1ccccc1)C1CCCCC1. The molecule has 0 bridgehead atoms. The van der Waals surface area contributed by atoms with Crippen LogP contribution in [0.2, 0.25) is 56.4 Å². The summed E-state index contributed by atoms with van der Waals surface area (Å²) in [6, 6.07) is 16.5. The first-order valence-corrected chi connectivity index (χ1v) is 20.5. The molecule has 0 saturated heterocycles. The molecule has 1 aromatic carbocycles. The van der Waals surface area contributed by atoms with Gasteiger partial charge >= 0.3 is 0 Å². The standard InChI is InChI=1S/C21H40Si3/c1-7-23(5,19-18-22(2,3)4)24(6,20-14-10-8-11-15-20)21-16-12-9-13-17-21/h8,10-11,14-15,21H,7,9,12-13,16-19H2,1-6H3. The first kappa shape index (κ1) is 20.2. The lowest BCUT2D eigenvalue weighted by atomic mass is 10.0. The average Bonchev–Trinajstić information content (AvgIpc) is 2.59. The summed E-state index contributed by atoms with van der Waals surface area (Å²) in [6.07, 6.45) is 7.50. The van der Waals surface area contributed by atoms with Crippen molar-refractivity contribution in [2.75, 3.05) is 0 Å². The Morgan fingerprint density at radius 3 is 1.92 bits per heavy atom. The van der Waals surface area contributed by atoms with E-state index in [4.69, 9.17) is 0 Å². The number of hydrogen-bond acceptors (Lipinski definition) is 0. The Bertz CT molecular complexity index is 502. The van der Waals surface area contributed by atoms with E-state index in [1.165, 1.54) is 38.1 Å². The molecule has 0 radical (unpaired) electrons. The van der Waals surface area contributed by atoms with E-state index in [0.29, 0.717) is 0 Å². The molecule has 2 rings (SSSR count). The van der Waals surface area contributed by atoms with Crippen LogP contribution in [0.5, 0.6) is 0 Å². The molecule has 0 aromatic heterocycles. The van der Waals surface area contributed by atoms with Crippen molar-refractivity contribution < 1.29 is 0 Å². The van der Waals surface area contributed by atoms with Gasteiger partial charge in [0.2, 0.25) is 0 Å². The zero-order valence-corrected chi connectivity index (χ0v) is 20.1. The second kappa shape index (κ2) is 8.05. The average molecular weight is 377 g/mol. The monoisotopic (exact) mass is 376 g/mol. The van der Waals surface area contributed by atoms with E-state index in [-0.39, 0.29) is 0 Å². The largest absolute Gasteiger partial charge is 0.0801 e. The van der Waals surface area contributed by atoms with Crippen molar-refractivity contribution in [3.8, 4) is 0 Å². The van der Waals surface area contributed by atoms with Crippen LogP contribution in [0, 0.1) is 0 Å². The first-order chi connectivity index (χ1) is 11.2. The molecule has 0 heterocycles. The third-order valence-electron chi connectivity index (χ3n) is 7.26. The summed E-state index contributed by atoms with van der Waals surface area (Å²) >= 11 is 0. The quantitative estimate of drug-likeness (QED) is 0.458. The Balaban J connectivity index is 2.42. The molecular formula is C21H40Si3. The molecule has 1 aliphatic carbocycles. The molecule has 1 fully saturated rings. The summed E-state index contributed by atoms with van der Waals surface area (Å²) in [5, 5.41) is 1.79. The highest BCUT2D eigenvalue weighted by Crippen LogP contribution is 2.44. The summed E-state index contributed by atoms with van der Waals surface area (Å²) in [5.41, 5.74) is 1.05. The van der Waals surface area contributed by atoms with Crippen molar-refractivity contribution in [1.29, 1.82) is 0 Å². The summed E-state index contributed by atoms with van der Waals surface area (Å²) in [7, 11) is -3.61. The molecule has 0 amide bonds. The lowest BCUT2D eigenvalue weighted by Crippen LogP contribution is -2.69. The minimum Gasteiger partial charge on any atom is -0.0708 e. The van der Waals surface area contributed by atoms with E-state index in [1.807, 2.05) is 0 Å². The Morgan fingerprint density at radius 1 is 0.833 bits per heavy atom. The third-order valence-corrected chi connectivity index (χ3v) is 30.1. The van der Waals surface area contributed by atoms with Crippen LogP contribution < -0.4 is 5.19 Å². The predicted octanol–water partition coefficient (Wildman–Crippen LogP) is 6.82. The van der Waals surface area contributed by atoms with Crippen molar-refractivity contribution in [2.45, 2.75) is 95.4 Å². The topological polar surface area (TPSA) is 0 Å². The molecule has 2 unspecified atom stereocenters. The van der Waals surface area contributed by atoms with Gasteiger partial charge in [-0.1, -0.05) is 125 Å². The zero-order valence-electron chi connectivity index (χ0n) is 17.1. The fraction of sp³-hybridized carbons (Fsp3) is 0.714. The van der Waals surface area contributed by atoms with E-state index in [2.05, 4.69) is 70.0 Å². The molecule has 24 heavy (non-hydrogen) atoms. The number of benzene rings is 1. The minimum absolute atomic E-state index is 0.956. The van der Waals surface area contributed by atoms with Crippen molar-refractivity contribution >= 4 is 28.4 Å². The Kier molecular flexibility index (Phi) is 6.77. The van der Waals surface area contributed by atoms with Gasteiger partial charge in [0.1, 0.15) is 0 Å². The molecule has 0 spiro atoms. The summed E-state index contributed by atoms with van der Waals surface area (Å²) in [4.78, 5) is 0. The molecule has 0 aliphatic heterocycles. The van der Waals surface area contributed by atoms with E-state index in [0.717, 1.165) is 5.54 Å². The fourth-order valence-corrected chi connectivity index (χ4v) is 27.7. The van der Waals surface area contributed by atoms with E-state index in [9.17, 15) is 0 Å². The zero-order chi connectivity index (χ0) is 17.8. The molecule has 2 atom stereocenters. The lowest BCUT2D eigenvalue weighted by molar-refractivity contribution is 0.496. The highest BCUT2D eigenvalue weighted by molar-refractivity contribution is 7.47. The summed E-state index contributed by atoms with van der Waals surface area (Å²) < 4.78 is 0. The predicted molar refractivity (Wildman–Crippen MR) is 120 cm³/mol. The molecule has 0 nitrogen and oxygen atoms in total. The maximum absolute atomic E-state index is 2.82. The number of rotatable bonds is 7. The Morgan fingerprint density at radius 2 is 1.42 bits per heavy atom. The maximum atomic E-state index is 2.82. The Labute approximate surface area is 154 Å². The van der Waals surface area contributed by atoms with Crippen LogP contribution in [-0.4, -0.2) is 23.3 Å². The normalized spacial score (nSPS) is 21.9. The lowest BCUT2D eigenvalue weighted by Gasteiger charge is -2.50. The fourth-order valence-electron chi connectivity index (χ4n) is 5.00. The van der Waals surface area contributed by atoms with Gasteiger partial charge in [0.15, 0.2) is 0 Å². The van der Waals surface area contributed by atoms with Gasteiger partial charge < -0.3 is 0 Å². The van der Waals surface area contributed by atoms with Gasteiger partial charge in [-0.2, -0.15) is 0 Å². The van der Waals surface area contributed by atoms with E-state index >= 15 is 0 Å². The highest BCUT2D eigenvalue weighted by atomic mass is 29.3. The molecule has 3 heteroatoms. The van der Waals surface area contributed by atoms with Crippen molar-refractivity contribution in [1.82, 2.24) is 0 Å². The van der Waals surface area contributed by atoms with Crippen molar-refractivity contribution in [2.24, 2.45) is 0 Å². The smallest absolute Gasteiger partial charge is 0.0708 e. The van der Waals surface area contributed by atoms with Crippen LogP contribution in [0.4, 0.5) is 0 Å². The second-order valence-electron chi connectivity index (χ2n) is 9.88. The van der Waals surface area contributed by atoms with Crippen LogP contribution >= 0.6 is 0 Å². The summed E-state index contributed by atoms with van der Waals surface area (Å²) in [6.45, 7) is 15.9. The second-order valence-corrected chi connectivity index (χ2v) is 30.4. The van der Waals surface area contributed by atoms with E-state index in [1.54, 1.807) is 17.3 Å². The van der Waals surface area contributed by atoms with Gasteiger partial charge in [0, 0.05) is 15.7 Å². The highest BCUT2D eigenvalue weighted by Gasteiger charge is 2.52. The van der Waals surface area contributed by atoms with Gasteiger partial charge in [-0.3, -0.25) is 0 Å². The molecule has 1 aromatic rings. The third kappa shape index (κ3) is 4.34. The van der Waals surface area contributed by atoms with Crippen molar-refractivity contribution in [3.05, 3.63) is 30.3 Å².